The van der Waals surface area contributed by atoms with Crippen molar-refractivity contribution in [2.75, 3.05) is 13.2 Å². The van der Waals surface area contributed by atoms with E-state index in [2.05, 4.69) is 15.3 Å². The number of nitrogens with zero attached hydrogens (tertiary/aromatic N) is 2. The van der Waals surface area contributed by atoms with Crippen molar-refractivity contribution in [2.45, 2.75) is 19.9 Å². The zero-order valence-corrected chi connectivity index (χ0v) is 9.27. The third-order valence-corrected chi connectivity index (χ3v) is 2.60. The van der Waals surface area contributed by atoms with E-state index in [0.717, 1.165) is 17.8 Å². The molecule has 1 aliphatic heterocycles. The van der Waals surface area contributed by atoms with Crippen LogP contribution in [0.5, 0.6) is 0 Å². The molecule has 1 unspecified atom stereocenters. The van der Waals surface area contributed by atoms with Crippen LogP contribution in [-0.2, 0) is 16.1 Å². The number of nitrogens with one attached hydrogen (secondary N) is 1. The average molecular weight is 221 g/mol. The summed E-state index contributed by atoms with van der Waals surface area (Å²) in [6, 6.07) is 1.87. The molecule has 0 aromatic carbocycles. The van der Waals surface area contributed by atoms with Crippen molar-refractivity contribution in [3.05, 3.63) is 23.8 Å². The van der Waals surface area contributed by atoms with E-state index < -0.39 is 0 Å². The monoisotopic (exact) mass is 221 g/mol. The van der Waals surface area contributed by atoms with E-state index in [1.54, 1.807) is 0 Å². The highest BCUT2D eigenvalue weighted by atomic mass is 16.5. The Morgan fingerprint density at radius 1 is 1.62 bits per heavy atom. The van der Waals surface area contributed by atoms with Gasteiger partial charge in [0, 0.05) is 12.3 Å². The zero-order valence-electron chi connectivity index (χ0n) is 9.27. The van der Waals surface area contributed by atoms with Crippen LogP contribution in [0, 0.1) is 12.8 Å². The largest absolute Gasteiger partial charge is 0.381 e. The molecule has 0 aliphatic carbocycles. The molecule has 16 heavy (non-hydrogen) atoms. The summed E-state index contributed by atoms with van der Waals surface area (Å²) in [4.78, 5) is 19.8. The van der Waals surface area contributed by atoms with Crippen molar-refractivity contribution in [3.63, 3.8) is 0 Å². The first-order valence-electron chi connectivity index (χ1n) is 5.38. The van der Waals surface area contributed by atoms with Gasteiger partial charge in [0.05, 0.1) is 24.8 Å². The highest BCUT2D eigenvalue weighted by molar-refractivity contribution is 5.78. The van der Waals surface area contributed by atoms with Gasteiger partial charge in [-0.25, -0.2) is 9.97 Å². The number of rotatable bonds is 3. The van der Waals surface area contributed by atoms with Crippen molar-refractivity contribution in [1.29, 1.82) is 0 Å². The molecule has 1 aromatic heterocycles. The van der Waals surface area contributed by atoms with Gasteiger partial charge in [-0.05, 0) is 19.4 Å². The first-order valence-corrected chi connectivity index (χ1v) is 5.38. The molecule has 86 valence electrons. The van der Waals surface area contributed by atoms with Crippen molar-refractivity contribution < 1.29 is 9.53 Å². The Morgan fingerprint density at radius 3 is 3.19 bits per heavy atom. The Hall–Kier alpha value is -1.49. The van der Waals surface area contributed by atoms with Crippen molar-refractivity contribution in [1.82, 2.24) is 15.3 Å². The van der Waals surface area contributed by atoms with Crippen LogP contribution in [-0.4, -0.2) is 29.1 Å². The lowest BCUT2D eigenvalue weighted by Crippen LogP contribution is -2.30. The van der Waals surface area contributed by atoms with Crippen molar-refractivity contribution in [3.8, 4) is 0 Å². The molecule has 0 spiro atoms. The summed E-state index contributed by atoms with van der Waals surface area (Å²) in [6.45, 7) is 3.58. The Bertz CT molecular complexity index is 375. The van der Waals surface area contributed by atoms with Crippen molar-refractivity contribution >= 4 is 5.91 Å². The maximum atomic E-state index is 11.7. The summed E-state index contributed by atoms with van der Waals surface area (Å²) < 4.78 is 5.16. The highest BCUT2D eigenvalue weighted by Crippen LogP contribution is 2.12. The van der Waals surface area contributed by atoms with Crippen LogP contribution in [0.2, 0.25) is 0 Å². The van der Waals surface area contributed by atoms with E-state index in [-0.39, 0.29) is 11.8 Å². The van der Waals surface area contributed by atoms with Crippen LogP contribution < -0.4 is 5.32 Å². The van der Waals surface area contributed by atoms with Crippen LogP contribution in [0.3, 0.4) is 0 Å². The van der Waals surface area contributed by atoms with Gasteiger partial charge in [0.2, 0.25) is 5.91 Å². The predicted octanol–water partition coefficient (Wildman–Crippen LogP) is 0.438. The lowest BCUT2D eigenvalue weighted by Gasteiger charge is -2.08. The van der Waals surface area contributed by atoms with Gasteiger partial charge in [-0.1, -0.05) is 0 Å². The van der Waals surface area contributed by atoms with Crippen LogP contribution >= 0.6 is 0 Å². The van der Waals surface area contributed by atoms with Gasteiger partial charge >= 0.3 is 0 Å². The quantitative estimate of drug-likeness (QED) is 0.804. The molecule has 0 saturated carbocycles. The molecule has 2 rings (SSSR count). The van der Waals surface area contributed by atoms with Crippen LogP contribution in [0.1, 0.15) is 17.8 Å². The van der Waals surface area contributed by atoms with Gasteiger partial charge in [0.1, 0.15) is 6.33 Å². The highest BCUT2D eigenvalue weighted by Gasteiger charge is 2.22. The Labute approximate surface area is 94.2 Å². The normalized spacial score (nSPS) is 19.7. The maximum absolute atomic E-state index is 11.7. The molecule has 1 N–H and O–H groups in total. The van der Waals surface area contributed by atoms with Crippen LogP contribution in [0.25, 0.3) is 0 Å². The summed E-state index contributed by atoms with van der Waals surface area (Å²) in [5, 5.41) is 2.86. The first-order chi connectivity index (χ1) is 7.75. The van der Waals surface area contributed by atoms with Gasteiger partial charge in [0.25, 0.3) is 0 Å². The Morgan fingerprint density at radius 2 is 2.50 bits per heavy atom. The van der Waals surface area contributed by atoms with E-state index in [4.69, 9.17) is 4.74 Å². The molecule has 1 aromatic rings. The topological polar surface area (TPSA) is 64.1 Å². The summed E-state index contributed by atoms with van der Waals surface area (Å²) in [7, 11) is 0. The van der Waals surface area contributed by atoms with E-state index in [1.807, 2.05) is 13.0 Å². The number of aryl methyl sites for hydroxylation is 1. The van der Waals surface area contributed by atoms with Crippen molar-refractivity contribution in [2.24, 2.45) is 5.92 Å². The Kier molecular flexibility index (Phi) is 3.46. The van der Waals surface area contributed by atoms with Gasteiger partial charge in [0.15, 0.2) is 0 Å². The second kappa shape index (κ2) is 5.03. The second-order valence-electron chi connectivity index (χ2n) is 3.93. The fourth-order valence-corrected chi connectivity index (χ4v) is 1.67. The minimum absolute atomic E-state index is 0.00272. The SMILES string of the molecule is Cc1cc(CNC(=O)C2CCOC2)ncn1. The lowest BCUT2D eigenvalue weighted by atomic mass is 10.1. The fraction of sp³-hybridized carbons (Fsp3) is 0.545. The average Bonchev–Trinajstić information content (AvgIpc) is 2.79. The Balaban J connectivity index is 1.84. The van der Waals surface area contributed by atoms with Gasteiger partial charge < -0.3 is 10.1 Å². The molecule has 1 aliphatic rings. The molecule has 0 bridgehead atoms. The van der Waals surface area contributed by atoms with E-state index in [1.165, 1.54) is 6.33 Å². The third-order valence-electron chi connectivity index (χ3n) is 2.60. The maximum Gasteiger partial charge on any atom is 0.225 e. The molecule has 5 nitrogen and oxygen atoms in total. The summed E-state index contributed by atoms with van der Waals surface area (Å²) in [5.41, 5.74) is 1.74. The molecule has 1 fully saturated rings. The van der Waals surface area contributed by atoms with E-state index in [0.29, 0.717) is 19.8 Å². The number of ether oxygens (including phenoxy) is 1. The predicted molar refractivity (Wildman–Crippen MR) is 57.5 cm³/mol. The van der Waals surface area contributed by atoms with Gasteiger partial charge in [-0.15, -0.1) is 0 Å². The lowest BCUT2D eigenvalue weighted by molar-refractivity contribution is -0.125. The second-order valence-corrected chi connectivity index (χ2v) is 3.93. The first kappa shape index (κ1) is 11.0. The molecule has 1 amide bonds. The molecule has 0 radical (unpaired) electrons. The smallest absolute Gasteiger partial charge is 0.225 e. The number of hydrogen-bond donors (Lipinski definition) is 1. The minimum atomic E-state index is 0.00272. The fourth-order valence-electron chi connectivity index (χ4n) is 1.67. The molecule has 1 saturated heterocycles. The number of carbonyl (C=O) groups is 1. The minimum Gasteiger partial charge on any atom is -0.381 e. The van der Waals surface area contributed by atoms with Crippen LogP contribution in [0.15, 0.2) is 12.4 Å². The van der Waals surface area contributed by atoms with Gasteiger partial charge in [-0.2, -0.15) is 0 Å². The number of aromatic nitrogens is 2. The molecular formula is C11H15N3O2. The van der Waals surface area contributed by atoms with E-state index >= 15 is 0 Å². The summed E-state index contributed by atoms with van der Waals surface area (Å²) in [5.74, 6) is 0.0525. The number of carbonyl (C=O) groups excluding carboxylic acids is 1. The standard InChI is InChI=1S/C11H15N3O2/c1-8-4-10(14-7-13-8)5-12-11(15)9-2-3-16-6-9/h4,7,9H,2-3,5-6H2,1H3,(H,12,15). The molecular weight excluding hydrogens is 206 g/mol. The summed E-state index contributed by atoms with van der Waals surface area (Å²) >= 11 is 0. The van der Waals surface area contributed by atoms with Crippen LogP contribution in [0.4, 0.5) is 0 Å². The zero-order chi connectivity index (χ0) is 11.4. The van der Waals surface area contributed by atoms with E-state index in [9.17, 15) is 4.79 Å². The molecule has 5 heteroatoms. The number of amides is 1. The third kappa shape index (κ3) is 2.76. The van der Waals surface area contributed by atoms with Gasteiger partial charge in [-0.3, -0.25) is 4.79 Å². The molecule has 1 atom stereocenters. The summed E-state index contributed by atoms with van der Waals surface area (Å²) in [6.07, 6.45) is 2.32. The molecule has 2 heterocycles. The number of hydrogen-bond acceptors (Lipinski definition) is 4.